The molecule has 0 amide bonds. The van der Waals surface area contributed by atoms with Crippen LogP contribution >= 0.6 is 0 Å². The highest BCUT2D eigenvalue weighted by atomic mass is 15.2. The van der Waals surface area contributed by atoms with E-state index in [2.05, 4.69) is 56.0 Å². The van der Waals surface area contributed by atoms with Gasteiger partial charge in [0.15, 0.2) is 0 Å². The molecule has 0 bridgehead atoms. The first-order valence-corrected chi connectivity index (χ1v) is 8.89. The smallest absolute Gasteiger partial charge is 0.219 e. The lowest BCUT2D eigenvalue weighted by Gasteiger charge is -2.20. The molecule has 2 N–H and O–H groups in total. The van der Waals surface area contributed by atoms with Crippen LogP contribution in [-0.4, -0.2) is 26.5 Å². The summed E-state index contributed by atoms with van der Waals surface area (Å²) in [6.07, 6.45) is 6.13. The van der Waals surface area contributed by atoms with Crippen molar-refractivity contribution in [2.24, 2.45) is 0 Å². The Morgan fingerprint density at radius 2 is 1.78 bits per heavy atom. The van der Waals surface area contributed by atoms with Crippen LogP contribution in [0.3, 0.4) is 0 Å². The largest absolute Gasteiger partial charge is 0.368 e. The molecule has 0 atom stereocenters. The molecule has 27 heavy (non-hydrogen) atoms. The van der Waals surface area contributed by atoms with E-state index in [-0.39, 0.29) is 5.95 Å². The Balaban J connectivity index is 1.67. The minimum absolute atomic E-state index is 0.271. The Kier molecular flexibility index (Phi) is 3.50. The summed E-state index contributed by atoms with van der Waals surface area (Å²) in [5.41, 5.74) is 12.3. The van der Waals surface area contributed by atoms with Crippen LogP contribution in [0.2, 0.25) is 0 Å². The van der Waals surface area contributed by atoms with Crippen LogP contribution in [-0.2, 0) is 6.42 Å². The Labute approximate surface area is 156 Å². The van der Waals surface area contributed by atoms with Gasteiger partial charge in [0.05, 0.1) is 5.52 Å². The van der Waals surface area contributed by atoms with Gasteiger partial charge in [-0.1, -0.05) is 18.2 Å². The minimum atomic E-state index is 0.271. The van der Waals surface area contributed by atoms with E-state index in [1.807, 2.05) is 12.1 Å². The fourth-order valence-electron chi connectivity index (χ4n) is 3.63. The number of anilines is 3. The number of benzene rings is 2. The van der Waals surface area contributed by atoms with Gasteiger partial charge in [0.25, 0.3) is 0 Å². The van der Waals surface area contributed by atoms with Crippen LogP contribution < -0.4 is 10.6 Å². The fraction of sp³-hybridized carbons (Fsp3) is 0.143. The van der Waals surface area contributed by atoms with Gasteiger partial charge < -0.3 is 10.6 Å². The molecule has 2 aromatic heterocycles. The van der Waals surface area contributed by atoms with Gasteiger partial charge in [-0.3, -0.25) is 0 Å². The molecule has 0 spiro atoms. The van der Waals surface area contributed by atoms with Crippen molar-refractivity contribution >= 4 is 28.4 Å². The highest BCUT2D eigenvalue weighted by molar-refractivity contribution is 5.95. The summed E-state index contributed by atoms with van der Waals surface area (Å²) in [6.45, 7) is 3.04. The van der Waals surface area contributed by atoms with Gasteiger partial charge >= 0.3 is 0 Å². The summed E-state index contributed by atoms with van der Waals surface area (Å²) in [5.74, 6) is 1.20. The molecule has 0 aliphatic carbocycles. The van der Waals surface area contributed by atoms with Crippen LogP contribution in [0, 0.1) is 6.92 Å². The molecule has 0 radical (unpaired) electrons. The Morgan fingerprint density at radius 1 is 0.926 bits per heavy atom. The summed E-state index contributed by atoms with van der Waals surface area (Å²) in [7, 11) is 0. The Morgan fingerprint density at radius 3 is 2.63 bits per heavy atom. The molecule has 6 nitrogen and oxygen atoms in total. The number of fused-ring (bicyclic) bond motifs is 2. The molecule has 0 unspecified atom stereocenters. The van der Waals surface area contributed by atoms with Gasteiger partial charge in [-0.25, -0.2) is 19.9 Å². The van der Waals surface area contributed by atoms with Crippen LogP contribution in [0.25, 0.3) is 22.0 Å². The third-order valence-corrected chi connectivity index (χ3v) is 5.01. The maximum Gasteiger partial charge on any atom is 0.219 e. The van der Waals surface area contributed by atoms with E-state index in [0.717, 1.165) is 40.8 Å². The molecule has 3 heterocycles. The SMILES string of the molecule is Cc1ccc2c(c1)N(c1ncnc3ccc(-c4cnc(N)nc4)cc13)CC2. The van der Waals surface area contributed by atoms with E-state index in [1.54, 1.807) is 18.7 Å². The lowest BCUT2D eigenvalue weighted by atomic mass is 10.1. The van der Waals surface area contributed by atoms with Gasteiger partial charge in [0, 0.05) is 35.6 Å². The first kappa shape index (κ1) is 15.7. The molecule has 0 saturated carbocycles. The average Bonchev–Trinajstić information content (AvgIpc) is 3.10. The van der Waals surface area contributed by atoms with E-state index < -0.39 is 0 Å². The van der Waals surface area contributed by atoms with E-state index in [1.165, 1.54) is 16.8 Å². The molecule has 5 rings (SSSR count). The van der Waals surface area contributed by atoms with Gasteiger partial charge in [0.2, 0.25) is 5.95 Å². The van der Waals surface area contributed by atoms with Gasteiger partial charge in [0.1, 0.15) is 12.1 Å². The summed E-state index contributed by atoms with van der Waals surface area (Å²) in [4.78, 5) is 19.6. The highest BCUT2D eigenvalue weighted by Crippen LogP contribution is 2.37. The van der Waals surface area contributed by atoms with Crippen LogP contribution in [0.15, 0.2) is 55.1 Å². The molecule has 132 valence electrons. The quantitative estimate of drug-likeness (QED) is 0.591. The predicted octanol–water partition coefficient (Wildman–Crippen LogP) is 3.67. The summed E-state index contributed by atoms with van der Waals surface area (Å²) < 4.78 is 0. The van der Waals surface area contributed by atoms with E-state index in [9.17, 15) is 0 Å². The first-order chi connectivity index (χ1) is 13.2. The van der Waals surface area contributed by atoms with Crippen molar-refractivity contribution in [1.29, 1.82) is 0 Å². The van der Waals surface area contributed by atoms with E-state index in [4.69, 9.17) is 5.73 Å². The molecule has 4 aromatic rings. The van der Waals surface area contributed by atoms with Crippen LogP contribution in [0.5, 0.6) is 0 Å². The molecule has 1 aliphatic heterocycles. The first-order valence-electron chi connectivity index (χ1n) is 8.89. The maximum absolute atomic E-state index is 5.61. The van der Waals surface area contributed by atoms with Crippen molar-refractivity contribution in [3.63, 3.8) is 0 Å². The highest BCUT2D eigenvalue weighted by Gasteiger charge is 2.23. The lowest BCUT2D eigenvalue weighted by molar-refractivity contribution is 0.974. The third-order valence-electron chi connectivity index (χ3n) is 5.01. The predicted molar refractivity (Wildman–Crippen MR) is 107 cm³/mol. The number of rotatable bonds is 2. The number of hydrogen-bond acceptors (Lipinski definition) is 6. The van der Waals surface area contributed by atoms with E-state index in [0.29, 0.717) is 0 Å². The van der Waals surface area contributed by atoms with Crippen molar-refractivity contribution in [3.05, 3.63) is 66.2 Å². The molecule has 1 aliphatic rings. The van der Waals surface area contributed by atoms with Gasteiger partial charge in [-0.05, 0) is 48.2 Å². The normalized spacial score (nSPS) is 13.1. The third kappa shape index (κ3) is 2.66. The number of nitrogen functional groups attached to an aromatic ring is 1. The second-order valence-electron chi connectivity index (χ2n) is 6.79. The number of nitrogens with zero attached hydrogens (tertiary/aromatic N) is 5. The zero-order valence-electron chi connectivity index (χ0n) is 14.9. The van der Waals surface area contributed by atoms with E-state index >= 15 is 0 Å². The molecule has 6 heteroatoms. The number of nitrogens with two attached hydrogens (primary N) is 1. The number of aryl methyl sites for hydroxylation is 1. The molecule has 0 fully saturated rings. The zero-order valence-corrected chi connectivity index (χ0v) is 14.9. The van der Waals surface area contributed by atoms with Gasteiger partial charge in [-0.15, -0.1) is 0 Å². The molecule has 2 aromatic carbocycles. The topological polar surface area (TPSA) is 80.8 Å². The average molecular weight is 354 g/mol. The standard InChI is InChI=1S/C21H18N6/c1-13-2-3-14-6-7-27(19(14)8-13)20-17-9-15(4-5-18(17)25-12-26-20)16-10-23-21(22)24-11-16/h2-5,8-12H,6-7H2,1H3,(H2,22,23,24). The number of hydrogen-bond donors (Lipinski definition) is 1. The molecular weight excluding hydrogens is 336 g/mol. The van der Waals surface area contributed by atoms with Crippen LogP contribution in [0.1, 0.15) is 11.1 Å². The van der Waals surface area contributed by atoms with Crippen molar-refractivity contribution < 1.29 is 0 Å². The number of aromatic nitrogens is 4. The van der Waals surface area contributed by atoms with Crippen molar-refractivity contribution in [3.8, 4) is 11.1 Å². The maximum atomic E-state index is 5.61. The second-order valence-corrected chi connectivity index (χ2v) is 6.79. The summed E-state index contributed by atoms with van der Waals surface area (Å²) in [6, 6.07) is 12.8. The van der Waals surface area contributed by atoms with Crippen LogP contribution in [0.4, 0.5) is 17.5 Å². The molecule has 0 saturated heterocycles. The summed E-state index contributed by atoms with van der Waals surface area (Å²) in [5, 5.41) is 1.01. The van der Waals surface area contributed by atoms with Gasteiger partial charge in [-0.2, -0.15) is 0 Å². The second kappa shape index (κ2) is 6.02. The molecular formula is C21H18N6. The summed E-state index contributed by atoms with van der Waals surface area (Å²) >= 11 is 0. The monoisotopic (exact) mass is 354 g/mol. The Bertz CT molecular complexity index is 1150. The Hall–Kier alpha value is -3.54. The van der Waals surface area contributed by atoms with Crippen molar-refractivity contribution in [1.82, 2.24) is 19.9 Å². The zero-order chi connectivity index (χ0) is 18.4. The van der Waals surface area contributed by atoms with Crippen molar-refractivity contribution in [2.45, 2.75) is 13.3 Å². The lowest BCUT2D eigenvalue weighted by Crippen LogP contribution is -2.15. The van der Waals surface area contributed by atoms with Crippen molar-refractivity contribution in [2.75, 3.05) is 17.2 Å². The fourth-order valence-corrected chi connectivity index (χ4v) is 3.63. The minimum Gasteiger partial charge on any atom is -0.368 e.